The fraction of sp³-hybridized carbons (Fsp3) is 0.390. The molecule has 0 aliphatic heterocycles. The monoisotopic (exact) mass is 619 g/mol. The second-order valence-electron chi connectivity index (χ2n) is 13.5. The van der Waals surface area contributed by atoms with Gasteiger partial charge in [-0.05, 0) is 89.2 Å². The zero-order valence-corrected chi connectivity index (χ0v) is 27.7. The van der Waals surface area contributed by atoms with E-state index in [2.05, 4.69) is 62.5 Å². The molecular formula is C41H49NO4. The topological polar surface area (TPSA) is 56.8 Å². The van der Waals surface area contributed by atoms with Crippen LogP contribution < -0.4 is 14.8 Å². The molecule has 242 valence electrons. The molecule has 4 aromatic rings. The van der Waals surface area contributed by atoms with Gasteiger partial charge in [0.25, 0.3) is 0 Å². The zero-order chi connectivity index (χ0) is 32.2. The normalized spacial score (nSPS) is 14.4. The summed E-state index contributed by atoms with van der Waals surface area (Å²) in [6, 6.07) is 34.4. The van der Waals surface area contributed by atoms with E-state index in [0.29, 0.717) is 32.2 Å². The minimum absolute atomic E-state index is 0.0322. The fourth-order valence-corrected chi connectivity index (χ4v) is 5.95. The van der Waals surface area contributed by atoms with Crippen LogP contribution in [-0.2, 0) is 28.0 Å². The number of benzene rings is 4. The van der Waals surface area contributed by atoms with Gasteiger partial charge in [0.05, 0.1) is 25.7 Å². The summed E-state index contributed by atoms with van der Waals surface area (Å²) in [7, 11) is 0. The van der Waals surface area contributed by atoms with Crippen molar-refractivity contribution in [1.82, 2.24) is 0 Å². The van der Waals surface area contributed by atoms with Gasteiger partial charge in [-0.3, -0.25) is 4.79 Å². The molecule has 0 radical (unpaired) electrons. The van der Waals surface area contributed by atoms with Crippen molar-refractivity contribution in [1.29, 1.82) is 0 Å². The highest BCUT2D eigenvalue weighted by molar-refractivity contribution is 5.96. The Morgan fingerprint density at radius 1 is 0.739 bits per heavy atom. The van der Waals surface area contributed by atoms with Crippen molar-refractivity contribution in [2.75, 3.05) is 25.1 Å². The second kappa shape index (κ2) is 16.5. The van der Waals surface area contributed by atoms with Crippen molar-refractivity contribution in [3.63, 3.8) is 0 Å². The number of hydrogen-bond donors (Lipinski definition) is 1. The van der Waals surface area contributed by atoms with E-state index in [4.69, 9.17) is 14.2 Å². The molecule has 1 saturated carbocycles. The molecule has 0 spiro atoms. The third-order valence-corrected chi connectivity index (χ3v) is 8.80. The Balaban J connectivity index is 1.19. The Labute approximate surface area is 275 Å². The largest absolute Gasteiger partial charge is 0.493 e. The van der Waals surface area contributed by atoms with Crippen molar-refractivity contribution in [2.24, 2.45) is 5.92 Å². The molecule has 1 atom stereocenters. The van der Waals surface area contributed by atoms with Gasteiger partial charge in [0.2, 0.25) is 5.91 Å². The molecule has 1 fully saturated rings. The SMILES string of the molecule is CC(C)(C)c1ccc(C(Cc2ccc(OCCOCc3ccccc3)cc2)C(=O)Nc2ccc(OCC3CCCCC3)cc2)cc1. The number of carbonyl (C=O) groups excluding carboxylic acids is 1. The number of carbonyl (C=O) groups is 1. The van der Waals surface area contributed by atoms with Crippen LogP contribution in [0, 0.1) is 5.92 Å². The standard InChI is InChI=1S/C41H49NO4/c1-41(2,3)35-18-16-34(17-19-35)39(40(43)42-36-20-24-38(25-21-36)46-30-33-12-8-5-9-13-33)28-31-14-22-37(23-15-31)45-27-26-44-29-32-10-6-4-7-11-32/h4,6-7,10-11,14-25,33,39H,5,8-9,12-13,26-30H2,1-3H3,(H,42,43). The average Bonchev–Trinajstić information content (AvgIpc) is 3.08. The van der Waals surface area contributed by atoms with Crippen LogP contribution in [0.1, 0.15) is 81.0 Å². The predicted octanol–water partition coefficient (Wildman–Crippen LogP) is 9.50. The van der Waals surface area contributed by atoms with Gasteiger partial charge < -0.3 is 19.5 Å². The minimum Gasteiger partial charge on any atom is -0.493 e. The van der Waals surface area contributed by atoms with Crippen LogP contribution in [0.2, 0.25) is 0 Å². The van der Waals surface area contributed by atoms with E-state index in [9.17, 15) is 4.79 Å². The maximum Gasteiger partial charge on any atom is 0.232 e. The molecule has 5 heteroatoms. The lowest BCUT2D eigenvalue weighted by Crippen LogP contribution is -2.23. The first kappa shape index (κ1) is 33.3. The summed E-state index contributed by atoms with van der Waals surface area (Å²) < 4.78 is 17.7. The summed E-state index contributed by atoms with van der Waals surface area (Å²) in [4.78, 5) is 13.8. The van der Waals surface area contributed by atoms with Crippen LogP contribution in [0.4, 0.5) is 5.69 Å². The van der Waals surface area contributed by atoms with Crippen molar-refractivity contribution < 1.29 is 19.0 Å². The van der Waals surface area contributed by atoms with Gasteiger partial charge in [0.15, 0.2) is 0 Å². The van der Waals surface area contributed by atoms with E-state index in [1.54, 1.807) is 0 Å². The fourth-order valence-electron chi connectivity index (χ4n) is 5.95. The van der Waals surface area contributed by atoms with Crippen LogP contribution in [-0.4, -0.2) is 25.7 Å². The highest BCUT2D eigenvalue weighted by Gasteiger charge is 2.23. The molecule has 1 N–H and O–H groups in total. The van der Waals surface area contributed by atoms with Crippen molar-refractivity contribution in [3.8, 4) is 11.5 Å². The third-order valence-electron chi connectivity index (χ3n) is 8.80. The predicted molar refractivity (Wildman–Crippen MR) is 187 cm³/mol. The molecule has 5 nitrogen and oxygen atoms in total. The van der Waals surface area contributed by atoms with E-state index < -0.39 is 0 Å². The number of anilines is 1. The van der Waals surface area contributed by atoms with Gasteiger partial charge in [0.1, 0.15) is 18.1 Å². The van der Waals surface area contributed by atoms with Crippen molar-refractivity contribution >= 4 is 11.6 Å². The Morgan fingerprint density at radius 2 is 1.39 bits per heavy atom. The van der Waals surface area contributed by atoms with Crippen LogP contribution in [0.25, 0.3) is 0 Å². The molecule has 4 aromatic carbocycles. The second-order valence-corrected chi connectivity index (χ2v) is 13.5. The third kappa shape index (κ3) is 10.2. The Kier molecular flexibility index (Phi) is 11.9. The molecular weight excluding hydrogens is 570 g/mol. The summed E-state index contributed by atoms with van der Waals surface area (Å²) in [6.45, 7) is 8.93. The Bertz CT molecular complexity index is 1470. The lowest BCUT2D eigenvalue weighted by molar-refractivity contribution is -0.117. The van der Waals surface area contributed by atoms with Crippen LogP contribution >= 0.6 is 0 Å². The molecule has 0 saturated heterocycles. The zero-order valence-electron chi connectivity index (χ0n) is 27.7. The first-order valence-corrected chi connectivity index (χ1v) is 16.8. The summed E-state index contributed by atoms with van der Waals surface area (Å²) in [5, 5.41) is 3.17. The number of ether oxygens (including phenoxy) is 3. The van der Waals surface area contributed by atoms with Gasteiger partial charge in [-0.1, -0.05) is 107 Å². The van der Waals surface area contributed by atoms with Crippen LogP contribution in [0.15, 0.2) is 103 Å². The molecule has 1 amide bonds. The maximum absolute atomic E-state index is 13.8. The number of amides is 1. The van der Waals surface area contributed by atoms with Gasteiger partial charge in [-0.2, -0.15) is 0 Å². The highest BCUT2D eigenvalue weighted by atomic mass is 16.5. The Morgan fingerprint density at radius 3 is 2.07 bits per heavy atom. The van der Waals surface area contributed by atoms with E-state index >= 15 is 0 Å². The number of hydrogen-bond acceptors (Lipinski definition) is 4. The smallest absolute Gasteiger partial charge is 0.232 e. The Hall–Kier alpha value is -4.09. The first-order chi connectivity index (χ1) is 22.3. The van der Waals surface area contributed by atoms with Gasteiger partial charge >= 0.3 is 0 Å². The first-order valence-electron chi connectivity index (χ1n) is 16.8. The summed E-state index contributed by atoms with van der Waals surface area (Å²) in [5.74, 6) is 1.90. The summed E-state index contributed by atoms with van der Waals surface area (Å²) in [6.07, 6.45) is 7.05. The van der Waals surface area contributed by atoms with E-state index in [1.165, 1.54) is 37.7 Å². The van der Waals surface area contributed by atoms with Gasteiger partial charge in [-0.15, -0.1) is 0 Å². The quantitative estimate of drug-likeness (QED) is 0.143. The van der Waals surface area contributed by atoms with Gasteiger partial charge in [0, 0.05) is 5.69 Å². The molecule has 0 bridgehead atoms. The molecule has 0 heterocycles. The van der Waals surface area contributed by atoms with Crippen LogP contribution in [0.3, 0.4) is 0 Å². The van der Waals surface area contributed by atoms with E-state index in [1.807, 2.05) is 66.7 Å². The number of rotatable bonds is 14. The molecule has 1 aliphatic rings. The van der Waals surface area contributed by atoms with E-state index in [-0.39, 0.29) is 17.2 Å². The highest BCUT2D eigenvalue weighted by Crippen LogP contribution is 2.29. The summed E-state index contributed by atoms with van der Waals surface area (Å²) >= 11 is 0. The minimum atomic E-state index is -0.352. The van der Waals surface area contributed by atoms with Gasteiger partial charge in [-0.25, -0.2) is 0 Å². The lowest BCUT2D eigenvalue weighted by atomic mass is 9.84. The van der Waals surface area contributed by atoms with Crippen molar-refractivity contribution in [2.45, 2.75) is 77.2 Å². The van der Waals surface area contributed by atoms with E-state index in [0.717, 1.165) is 40.5 Å². The molecule has 46 heavy (non-hydrogen) atoms. The molecule has 1 unspecified atom stereocenters. The lowest BCUT2D eigenvalue weighted by Gasteiger charge is -2.22. The molecule has 1 aliphatic carbocycles. The maximum atomic E-state index is 13.8. The van der Waals surface area contributed by atoms with Crippen LogP contribution in [0.5, 0.6) is 11.5 Å². The molecule has 5 rings (SSSR count). The van der Waals surface area contributed by atoms with Crippen molar-refractivity contribution in [3.05, 3.63) is 125 Å². The molecule has 0 aromatic heterocycles. The number of nitrogens with one attached hydrogen (secondary N) is 1. The average molecular weight is 620 g/mol. The summed E-state index contributed by atoms with van der Waals surface area (Å²) in [5.41, 5.74) is 5.26.